The lowest BCUT2D eigenvalue weighted by atomic mass is 10.1. The van der Waals surface area contributed by atoms with Gasteiger partial charge in [0.05, 0.1) is 5.69 Å². The Bertz CT molecular complexity index is 523. The standard InChI is InChI=1S/C15H18N2S/c1-11-5-3-7-14(17-11)10-18-15-8-4-6-13(9-15)12(2)16/h3-9,12H,10,16H2,1-2H3. The van der Waals surface area contributed by atoms with Crippen LogP contribution in [0.2, 0.25) is 0 Å². The second-order valence-corrected chi connectivity index (χ2v) is 5.47. The molecule has 0 aliphatic heterocycles. The molecule has 0 amide bonds. The zero-order valence-corrected chi connectivity index (χ0v) is 11.6. The molecule has 1 atom stereocenters. The van der Waals surface area contributed by atoms with Gasteiger partial charge >= 0.3 is 0 Å². The van der Waals surface area contributed by atoms with Crippen molar-refractivity contribution in [2.75, 3.05) is 0 Å². The van der Waals surface area contributed by atoms with E-state index in [4.69, 9.17) is 5.73 Å². The van der Waals surface area contributed by atoms with Gasteiger partial charge < -0.3 is 5.73 Å². The molecular formula is C15H18N2S. The maximum Gasteiger partial charge on any atom is 0.0509 e. The van der Waals surface area contributed by atoms with E-state index in [1.165, 1.54) is 10.5 Å². The lowest BCUT2D eigenvalue weighted by molar-refractivity contribution is 0.815. The van der Waals surface area contributed by atoms with Crippen LogP contribution in [0.15, 0.2) is 47.4 Å². The van der Waals surface area contributed by atoms with Gasteiger partial charge in [-0.1, -0.05) is 18.2 Å². The third-order valence-corrected chi connectivity index (χ3v) is 3.74. The fraction of sp³-hybridized carbons (Fsp3) is 0.267. The molecule has 1 unspecified atom stereocenters. The van der Waals surface area contributed by atoms with Crippen molar-refractivity contribution < 1.29 is 0 Å². The van der Waals surface area contributed by atoms with Crippen molar-refractivity contribution in [1.82, 2.24) is 4.98 Å². The molecule has 3 heteroatoms. The Kier molecular flexibility index (Phi) is 4.39. The second kappa shape index (κ2) is 6.03. The van der Waals surface area contributed by atoms with E-state index in [0.29, 0.717) is 0 Å². The van der Waals surface area contributed by atoms with Crippen molar-refractivity contribution in [3.63, 3.8) is 0 Å². The lowest BCUT2D eigenvalue weighted by Crippen LogP contribution is -2.04. The number of nitrogens with zero attached hydrogens (tertiary/aromatic N) is 1. The number of benzene rings is 1. The van der Waals surface area contributed by atoms with E-state index in [1.807, 2.05) is 19.9 Å². The summed E-state index contributed by atoms with van der Waals surface area (Å²) >= 11 is 1.80. The molecule has 2 N–H and O–H groups in total. The number of aromatic nitrogens is 1. The molecular weight excluding hydrogens is 240 g/mol. The summed E-state index contributed by atoms with van der Waals surface area (Å²) in [7, 11) is 0. The van der Waals surface area contributed by atoms with E-state index in [1.54, 1.807) is 11.8 Å². The molecule has 0 bridgehead atoms. The molecule has 0 spiro atoms. The van der Waals surface area contributed by atoms with Gasteiger partial charge in [0, 0.05) is 22.4 Å². The number of aryl methyl sites for hydroxylation is 1. The summed E-state index contributed by atoms with van der Waals surface area (Å²) in [4.78, 5) is 5.74. The first kappa shape index (κ1) is 13.1. The van der Waals surface area contributed by atoms with Crippen LogP contribution in [0.5, 0.6) is 0 Å². The van der Waals surface area contributed by atoms with Gasteiger partial charge in [-0.2, -0.15) is 0 Å². The molecule has 0 aliphatic rings. The van der Waals surface area contributed by atoms with Gasteiger partial charge in [0.25, 0.3) is 0 Å². The molecule has 0 saturated carbocycles. The van der Waals surface area contributed by atoms with Crippen molar-refractivity contribution in [1.29, 1.82) is 0 Å². The molecule has 1 aromatic heterocycles. The van der Waals surface area contributed by atoms with Gasteiger partial charge in [0.2, 0.25) is 0 Å². The smallest absolute Gasteiger partial charge is 0.0509 e. The van der Waals surface area contributed by atoms with Gasteiger partial charge in [0.1, 0.15) is 0 Å². The molecule has 1 heterocycles. The molecule has 2 nitrogen and oxygen atoms in total. The van der Waals surface area contributed by atoms with Gasteiger partial charge in [-0.05, 0) is 43.7 Å². The highest BCUT2D eigenvalue weighted by molar-refractivity contribution is 7.98. The second-order valence-electron chi connectivity index (χ2n) is 4.42. The summed E-state index contributed by atoms with van der Waals surface area (Å²) in [5, 5.41) is 0. The van der Waals surface area contributed by atoms with E-state index in [0.717, 1.165) is 17.1 Å². The summed E-state index contributed by atoms with van der Waals surface area (Å²) in [6.45, 7) is 4.02. The number of rotatable bonds is 4. The van der Waals surface area contributed by atoms with Crippen LogP contribution < -0.4 is 5.73 Å². The summed E-state index contributed by atoms with van der Waals surface area (Å²) < 4.78 is 0. The SMILES string of the molecule is Cc1cccc(CSc2cccc(C(C)N)c2)n1. The Labute approximate surface area is 113 Å². The molecule has 1 aromatic carbocycles. The Hall–Kier alpha value is -1.32. The van der Waals surface area contributed by atoms with Crippen LogP contribution in [-0.2, 0) is 5.75 Å². The van der Waals surface area contributed by atoms with Gasteiger partial charge in [-0.25, -0.2) is 0 Å². The van der Waals surface area contributed by atoms with Crippen molar-refractivity contribution in [3.8, 4) is 0 Å². The highest BCUT2D eigenvalue weighted by Gasteiger charge is 2.02. The molecule has 18 heavy (non-hydrogen) atoms. The van der Waals surface area contributed by atoms with E-state index >= 15 is 0 Å². The van der Waals surface area contributed by atoms with E-state index in [2.05, 4.69) is 41.4 Å². The van der Waals surface area contributed by atoms with Gasteiger partial charge in [0.15, 0.2) is 0 Å². The quantitative estimate of drug-likeness (QED) is 0.850. The van der Waals surface area contributed by atoms with Gasteiger partial charge in [-0.3, -0.25) is 4.98 Å². The number of pyridine rings is 1. The minimum atomic E-state index is 0.0858. The molecule has 0 aliphatic carbocycles. The summed E-state index contributed by atoms with van der Waals surface area (Å²) in [6.07, 6.45) is 0. The zero-order chi connectivity index (χ0) is 13.0. The summed E-state index contributed by atoms with van der Waals surface area (Å²) in [6, 6.07) is 14.6. The molecule has 94 valence electrons. The largest absolute Gasteiger partial charge is 0.324 e. The van der Waals surface area contributed by atoms with Crippen LogP contribution in [0.3, 0.4) is 0 Å². The minimum absolute atomic E-state index is 0.0858. The lowest BCUT2D eigenvalue weighted by Gasteiger charge is -2.08. The topological polar surface area (TPSA) is 38.9 Å². The Morgan fingerprint density at radius 3 is 2.72 bits per heavy atom. The predicted octanol–water partition coefficient (Wildman–Crippen LogP) is 3.70. The van der Waals surface area contributed by atoms with Crippen LogP contribution in [0.4, 0.5) is 0 Å². The monoisotopic (exact) mass is 258 g/mol. The molecule has 0 radical (unpaired) electrons. The third kappa shape index (κ3) is 3.59. The summed E-state index contributed by atoms with van der Waals surface area (Å²) in [5.74, 6) is 0.893. The molecule has 2 aromatic rings. The van der Waals surface area contributed by atoms with Crippen LogP contribution in [0, 0.1) is 6.92 Å². The Morgan fingerprint density at radius 2 is 2.00 bits per heavy atom. The normalized spacial score (nSPS) is 12.4. The maximum absolute atomic E-state index is 5.89. The fourth-order valence-corrected chi connectivity index (χ4v) is 2.59. The number of hydrogen-bond acceptors (Lipinski definition) is 3. The highest BCUT2D eigenvalue weighted by atomic mass is 32.2. The first-order valence-electron chi connectivity index (χ1n) is 6.06. The summed E-state index contributed by atoms with van der Waals surface area (Å²) in [5.41, 5.74) is 9.25. The van der Waals surface area contributed by atoms with Crippen molar-refractivity contribution in [2.24, 2.45) is 5.73 Å². The minimum Gasteiger partial charge on any atom is -0.324 e. The van der Waals surface area contributed by atoms with E-state index in [9.17, 15) is 0 Å². The average molecular weight is 258 g/mol. The average Bonchev–Trinajstić information content (AvgIpc) is 2.37. The van der Waals surface area contributed by atoms with Crippen LogP contribution in [-0.4, -0.2) is 4.98 Å². The van der Waals surface area contributed by atoms with Crippen LogP contribution in [0.25, 0.3) is 0 Å². The van der Waals surface area contributed by atoms with E-state index in [-0.39, 0.29) is 6.04 Å². The first-order chi connectivity index (χ1) is 8.65. The van der Waals surface area contributed by atoms with Crippen molar-refractivity contribution >= 4 is 11.8 Å². The van der Waals surface area contributed by atoms with Crippen molar-refractivity contribution in [3.05, 3.63) is 59.4 Å². The number of hydrogen-bond donors (Lipinski definition) is 1. The zero-order valence-electron chi connectivity index (χ0n) is 10.8. The molecule has 2 rings (SSSR count). The molecule has 0 fully saturated rings. The van der Waals surface area contributed by atoms with E-state index < -0.39 is 0 Å². The van der Waals surface area contributed by atoms with Crippen LogP contribution in [0.1, 0.15) is 29.9 Å². The first-order valence-corrected chi connectivity index (χ1v) is 7.04. The van der Waals surface area contributed by atoms with Gasteiger partial charge in [-0.15, -0.1) is 11.8 Å². The Morgan fingerprint density at radius 1 is 1.22 bits per heavy atom. The van der Waals surface area contributed by atoms with Crippen molar-refractivity contribution in [2.45, 2.75) is 30.5 Å². The Balaban J connectivity index is 2.04. The number of nitrogens with two attached hydrogens (primary N) is 1. The predicted molar refractivity (Wildman–Crippen MR) is 77.6 cm³/mol. The van der Waals surface area contributed by atoms with Crippen LogP contribution >= 0.6 is 11.8 Å². The third-order valence-electron chi connectivity index (χ3n) is 2.72. The highest BCUT2D eigenvalue weighted by Crippen LogP contribution is 2.24. The number of thioether (sulfide) groups is 1. The maximum atomic E-state index is 5.89. The fourth-order valence-electron chi connectivity index (χ4n) is 1.72. The molecule has 0 saturated heterocycles.